The number of ether oxygens (including phenoxy) is 2. The second-order valence-corrected chi connectivity index (χ2v) is 7.76. The van der Waals surface area contributed by atoms with E-state index in [9.17, 15) is 58.7 Å². The minimum atomic E-state index is -5.62. The molecule has 1 rings (SSSR count). The van der Waals surface area contributed by atoms with Crippen molar-refractivity contribution in [1.29, 1.82) is 0 Å². The normalized spacial score (nSPS) is 17.2. The number of amides is 2. The summed E-state index contributed by atoms with van der Waals surface area (Å²) in [4.78, 5) is 44.6. The van der Waals surface area contributed by atoms with Gasteiger partial charge < -0.3 is 24.4 Å². The van der Waals surface area contributed by atoms with E-state index in [1.807, 2.05) is 0 Å². The molecule has 0 aromatic carbocycles. The molecule has 1 unspecified atom stereocenters. The molecule has 0 aromatic rings. The molecule has 1 atom stereocenters. The molecular weight excluding hydrogens is 515 g/mol. The van der Waals surface area contributed by atoms with Gasteiger partial charge in [0.15, 0.2) is 0 Å². The van der Waals surface area contributed by atoms with Crippen LogP contribution in [0.2, 0.25) is 0 Å². The summed E-state index contributed by atoms with van der Waals surface area (Å²) < 4.78 is 112. The molecule has 18 heteroatoms. The highest BCUT2D eigenvalue weighted by molar-refractivity contribution is 5.90. The maximum absolute atomic E-state index is 12.5. The highest BCUT2D eigenvalue weighted by atomic mass is 19.4. The monoisotopic (exact) mass is 536 g/mol. The number of aliphatic hydroxyl groups is 1. The molecular formula is C17H21F9N2O7. The SMILES string of the molecule is CC(C)(C)OC(=O)N1CCN(C(=O)C(F)(F)F)CC1CCO.O=C(OC(=O)C(F)(F)F)C(F)(F)F. The minimum Gasteiger partial charge on any atom is -0.444 e. The molecule has 0 bridgehead atoms. The number of alkyl halides is 9. The first-order chi connectivity index (χ1) is 15.5. The van der Waals surface area contributed by atoms with Gasteiger partial charge in [-0.3, -0.25) is 4.79 Å². The number of carbonyl (C=O) groups excluding carboxylic acids is 4. The summed E-state index contributed by atoms with van der Waals surface area (Å²) in [6.07, 6.45) is -16.8. The lowest BCUT2D eigenvalue weighted by atomic mass is 10.1. The van der Waals surface area contributed by atoms with E-state index < -0.39 is 54.1 Å². The number of hydrogen-bond acceptors (Lipinski definition) is 7. The van der Waals surface area contributed by atoms with Crippen LogP contribution in [0.1, 0.15) is 27.2 Å². The predicted molar refractivity (Wildman–Crippen MR) is 94.3 cm³/mol. The van der Waals surface area contributed by atoms with E-state index in [1.54, 1.807) is 20.8 Å². The number of esters is 2. The molecule has 0 aromatic heterocycles. The van der Waals surface area contributed by atoms with Gasteiger partial charge in [-0.15, -0.1) is 0 Å². The third-order valence-electron chi connectivity index (χ3n) is 3.75. The van der Waals surface area contributed by atoms with Crippen LogP contribution in [-0.2, 0) is 23.9 Å². The first kappa shape index (κ1) is 32.2. The summed E-state index contributed by atoms with van der Waals surface area (Å²) in [5, 5.41) is 9.03. The Kier molecular flexibility index (Phi) is 10.8. The fourth-order valence-electron chi connectivity index (χ4n) is 2.38. The molecule has 2 amide bonds. The summed E-state index contributed by atoms with van der Waals surface area (Å²) in [7, 11) is 0. The van der Waals surface area contributed by atoms with Gasteiger partial charge in [0.05, 0.1) is 6.04 Å². The van der Waals surface area contributed by atoms with Gasteiger partial charge in [0, 0.05) is 26.2 Å². The standard InChI is InChI=1S/C13H21F3N2O4.C4F6O3/c1-12(2,3)22-11(21)18-6-5-17(8-9(18)4-7-19)10(20)13(14,15)16;5-3(6,7)1(11)13-2(12)4(8,9)10/h9,19H,4-8H2,1-3H3;. The van der Waals surface area contributed by atoms with Crippen LogP contribution in [0.15, 0.2) is 0 Å². The second kappa shape index (κ2) is 11.8. The Morgan fingerprint density at radius 1 is 0.829 bits per heavy atom. The van der Waals surface area contributed by atoms with Crippen LogP contribution in [0.4, 0.5) is 44.3 Å². The van der Waals surface area contributed by atoms with Gasteiger partial charge in [0.1, 0.15) is 5.60 Å². The van der Waals surface area contributed by atoms with Gasteiger partial charge in [0.2, 0.25) is 0 Å². The number of aliphatic hydroxyl groups excluding tert-OH is 1. The van der Waals surface area contributed by atoms with Gasteiger partial charge in [-0.2, -0.15) is 39.5 Å². The lowest BCUT2D eigenvalue weighted by Crippen LogP contribution is -2.59. The zero-order valence-electron chi connectivity index (χ0n) is 18.3. The summed E-state index contributed by atoms with van der Waals surface area (Å²) in [6, 6.07) is -0.708. The molecule has 0 aliphatic carbocycles. The topological polar surface area (TPSA) is 113 Å². The van der Waals surface area contributed by atoms with Crippen LogP contribution in [0.3, 0.4) is 0 Å². The number of halogens is 9. The molecule has 0 radical (unpaired) electrons. The number of nitrogens with zero attached hydrogens (tertiary/aromatic N) is 2. The molecule has 1 aliphatic heterocycles. The molecule has 1 aliphatic rings. The first-order valence-electron chi connectivity index (χ1n) is 9.37. The van der Waals surface area contributed by atoms with Crippen molar-refractivity contribution in [3.8, 4) is 0 Å². The van der Waals surface area contributed by atoms with Gasteiger partial charge in [-0.1, -0.05) is 0 Å². The number of hydrogen-bond donors (Lipinski definition) is 1. The Morgan fingerprint density at radius 2 is 1.29 bits per heavy atom. The van der Waals surface area contributed by atoms with Crippen LogP contribution in [0, 0.1) is 0 Å². The van der Waals surface area contributed by atoms with Crippen LogP contribution in [0.5, 0.6) is 0 Å². The van der Waals surface area contributed by atoms with Crippen LogP contribution >= 0.6 is 0 Å². The Bertz CT molecular complexity index is 750. The Balaban J connectivity index is 0.000000761. The van der Waals surface area contributed by atoms with Crippen LogP contribution in [-0.4, -0.2) is 95.3 Å². The van der Waals surface area contributed by atoms with E-state index in [-0.39, 0.29) is 32.7 Å². The quantitative estimate of drug-likeness (QED) is 0.328. The van der Waals surface area contributed by atoms with Crippen molar-refractivity contribution in [2.24, 2.45) is 0 Å². The minimum absolute atomic E-state index is 0.0681. The zero-order valence-corrected chi connectivity index (χ0v) is 18.3. The molecule has 1 fully saturated rings. The summed E-state index contributed by atoms with van der Waals surface area (Å²) in [5.41, 5.74) is -0.736. The van der Waals surface area contributed by atoms with E-state index in [4.69, 9.17) is 9.84 Å². The van der Waals surface area contributed by atoms with Crippen LogP contribution < -0.4 is 0 Å². The van der Waals surface area contributed by atoms with Crippen molar-refractivity contribution >= 4 is 23.9 Å². The maximum atomic E-state index is 12.5. The molecule has 0 spiro atoms. The molecule has 1 heterocycles. The molecule has 1 N–H and O–H groups in total. The highest BCUT2D eigenvalue weighted by Crippen LogP contribution is 2.24. The second-order valence-electron chi connectivity index (χ2n) is 7.76. The van der Waals surface area contributed by atoms with Crippen molar-refractivity contribution in [2.45, 2.75) is 57.4 Å². The number of rotatable bonds is 2. The molecule has 9 nitrogen and oxygen atoms in total. The number of piperazine rings is 1. The van der Waals surface area contributed by atoms with E-state index in [0.29, 0.717) is 4.90 Å². The summed E-state index contributed by atoms with van der Waals surface area (Å²) >= 11 is 0. The van der Waals surface area contributed by atoms with Gasteiger partial charge in [0.25, 0.3) is 0 Å². The van der Waals surface area contributed by atoms with Gasteiger partial charge >= 0.3 is 42.5 Å². The lowest BCUT2D eigenvalue weighted by molar-refractivity contribution is -0.221. The Morgan fingerprint density at radius 3 is 1.63 bits per heavy atom. The van der Waals surface area contributed by atoms with E-state index in [0.717, 1.165) is 0 Å². The Labute approximate surface area is 191 Å². The zero-order chi connectivity index (χ0) is 28.0. The molecule has 1 saturated heterocycles. The average Bonchev–Trinajstić information content (AvgIpc) is 2.64. The Hall–Kier alpha value is -2.79. The number of carbonyl (C=O) groups is 4. The molecule has 204 valence electrons. The smallest absolute Gasteiger partial charge is 0.444 e. The lowest BCUT2D eigenvalue weighted by Gasteiger charge is -2.41. The highest BCUT2D eigenvalue weighted by Gasteiger charge is 2.49. The van der Waals surface area contributed by atoms with Gasteiger partial charge in [-0.25, -0.2) is 14.4 Å². The largest absolute Gasteiger partial charge is 0.491 e. The predicted octanol–water partition coefficient (Wildman–Crippen LogP) is 2.56. The van der Waals surface area contributed by atoms with Gasteiger partial charge in [-0.05, 0) is 27.2 Å². The third kappa shape index (κ3) is 11.5. The van der Waals surface area contributed by atoms with E-state index in [1.165, 1.54) is 4.90 Å². The van der Waals surface area contributed by atoms with Crippen molar-refractivity contribution < 1.29 is 73.3 Å². The molecule has 35 heavy (non-hydrogen) atoms. The summed E-state index contributed by atoms with van der Waals surface area (Å²) in [5.74, 6) is -8.33. The van der Waals surface area contributed by atoms with Crippen LogP contribution in [0.25, 0.3) is 0 Å². The van der Waals surface area contributed by atoms with E-state index in [2.05, 4.69) is 4.74 Å². The fourth-order valence-corrected chi connectivity index (χ4v) is 2.38. The van der Waals surface area contributed by atoms with Crippen molar-refractivity contribution in [3.05, 3.63) is 0 Å². The molecule has 0 saturated carbocycles. The van der Waals surface area contributed by atoms with Crippen molar-refractivity contribution in [3.63, 3.8) is 0 Å². The third-order valence-corrected chi connectivity index (χ3v) is 3.75. The van der Waals surface area contributed by atoms with E-state index >= 15 is 0 Å². The first-order valence-corrected chi connectivity index (χ1v) is 9.37. The summed E-state index contributed by atoms with van der Waals surface area (Å²) in [6.45, 7) is 4.15. The average molecular weight is 536 g/mol. The van der Waals surface area contributed by atoms with Crippen molar-refractivity contribution in [2.75, 3.05) is 26.2 Å². The fraction of sp³-hybridized carbons (Fsp3) is 0.765. The van der Waals surface area contributed by atoms with Crippen molar-refractivity contribution in [1.82, 2.24) is 9.80 Å². The maximum Gasteiger partial charge on any atom is 0.491 e.